The summed E-state index contributed by atoms with van der Waals surface area (Å²) in [5, 5.41) is 0. The van der Waals surface area contributed by atoms with E-state index in [4.69, 9.17) is 9.47 Å². The molecule has 8 heteroatoms. The molecular formula is C20H23FN2O4S. The normalized spacial score (nSPS) is 10.2. The molecule has 2 aromatic rings. The van der Waals surface area contributed by atoms with E-state index in [2.05, 4.69) is 17.8 Å². The molecule has 0 heterocycles. The van der Waals surface area contributed by atoms with Crippen molar-refractivity contribution in [2.75, 3.05) is 19.5 Å². The summed E-state index contributed by atoms with van der Waals surface area (Å²) in [6, 6.07) is 10.9. The Morgan fingerprint density at radius 3 is 2.61 bits per heavy atom. The number of methoxy groups -OCH3 is 1. The first kappa shape index (κ1) is 21.6. The number of thioether (sulfide) groups is 1. The zero-order valence-corrected chi connectivity index (χ0v) is 16.6. The summed E-state index contributed by atoms with van der Waals surface area (Å²) in [7, 11) is 1.49. The maximum atomic E-state index is 13.5. The molecule has 0 bridgehead atoms. The van der Waals surface area contributed by atoms with E-state index in [1.807, 2.05) is 0 Å². The Bertz CT molecular complexity index is 817. The van der Waals surface area contributed by atoms with Gasteiger partial charge in [0.05, 0.1) is 19.5 Å². The molecule has 2 N–H and O–H groups in total. The fourth-order valence-corrected chi connectivity index (χ4v) is 2.93. The summed E-state index contributed by atoms with van der Waals surface area (Å²) in [6.45, 7) is 2.63. The standard InChI is InChI=1S/C20H23FN2O4S/c1-3-4-11-27-16-10-9-14(12-17(16)26-2)20(25)23-22-19(24)13-28-18-8-6-5-7-15(18)21/h5-10,12H,3-4,11,13H2,1-2H3,(H,22,24)(H,23,25). The summed E-state index contributed by atoms with van der Waals surface area (Å²) in [5.74, 6) is -0.384. The highest BCUT2D eigenvalue weighted by Gasteiger charge is 2.13. The van der Waals surface area contributed by atoms with E-state index in [-0.39, 0.29) is 5.75 Å². The number of hydrogen-bond donors (Lipinski definition) is 2. The number of benzene rings is 2. The quantitative estimate of drug-likeness (QED) is 0.378. The zero-order valence-electron chi connectivity index (χ0n) is 15.8. The van der Waals surface area contributed by atoms with Gasteiger partial charge in [-0.1, -0.05) is 25.5 Å². The van der Waals surface area contributed by atoms with Gasteiger partial charge in [0, 0.05) is 10.5 Å². The number of nitrogens with one attached hydrogen (secondary N) is 2. The molecular weight excluding hydrogens is 383 g/mol. The van der Waals surface area contributed by atoms with Crippen molar-refractivity contribution in [1.82, 2.24) is 10.9 Å². The number of halogens is 1. The molecule has 0 fully saturated rings. The van der Waals surface area contributed by atoms with Gasteiger partial charge in [-0.3, -0.25) is 20.4 Å². The Labute approximate surface area is 167 Å². The van der Waals surface area contributed by atoms with E-state index in [0.717, 1.165) is 24.6 Å². The molecule has 0 saturated heterocycles. The first-order chi connectivity index (χ1) is 13.5. The van der Waals surface area contributed by atoms with Gasteiger partial charge in [-0.05, 0) is 36.8 Å². The first-order valence-electron chi connectivity index (χ1n) is 8.82. The Balaban J connectivity index is 1.86. The highest BCUT2D eigenvalue weighted by atomic mass is 32.2. The van der Waals surface area contributed by atoms with E-state index in [1.54, 1.807) is 30.3 Å². The molecule has 0 radical (unpaired) electrons. The summed E-state index contributed by atoms with van der Waals surface area (Å²) < 4.78 is 24.4. The van der Waals surface area contributed by atoms with Crippen LogP contribution < -0.4 is 20.3 Å². The second-order valence-electron chi connectivity index (χ2n) is 5.79. The van der Waals surface area contributed by atoms with E-state index in [0.29, 0.717) is 28.6 Å². The topological polar surface area (TPSA) is 76.7 Å². The smallest absolute Gasteiger partial charge is 0.269 e. The molecule has 6 nitrogen and oxygen atoms in total. The predicted molar refractivity (Wildman–Crippen MR) is 106 cm³/mol. The fourth-order valence-electron chi connectivity index (χ4n) is 2.19. The van der Waals surface area contributed by atoms with Crippen LogP contribution in [0.15, 0.2) is 47.4 Å². The van der Waals surface area contributed by atoms with Gasteiger partial charge in [0.2, 0.25) is 5.91 Å². The SMILES string of the molecule is CCCCOc1ccc(C(=O)NNC(=O)CSc2ccccc2F)cc1OC. The molecule has 2 aromatic carbocycles. The molecule has 0 atom stereocenters. The van der Waals surface area contributed by atoms with Crippen molar-refractivity contribution < 1.29 is 23.5 Å². The summed E-state index contributed by atoms with van der Waals surface area (Å²) in [4.78, 5) is 24.5. The predicted octanol–water partition coefficient (Wildman–Crippen LogP) is 3.57. The summed E-state index contributed by atoms with van der Waals surface area (Å²) >= 11 is 1.05. The monoisotopic (exact) mass is 406 g/mol. The van der Waals surface area contributed by atoms with Crippen molar-refractivity contribution in [3.05, 3.63) is 53.8 Å². The molecule has 0 aliphatic heterocycles. The number of unbranched alkanes of at least 4 members (excludes halogenated alkanes) is 1. The Morgan fingerprint density at radius 2 is 1.89 bits per heavy atom. The minimum absolute atomic E-state index is 0.0330. The third-order valence-corrected chi connectivity index (χ3v) is 4.74. The maximum Gasteiger partial charge on any atom is 0.269 e. The largest absolute Gasteiger partial charge is 0.493 e. The first-order valence-corrected chi connectivity index (χ1v) is 9.81. The van der Waals surface area contributed by atoms with Crippen LogP contribution in [0, 0.1) is 5.82 Å². The van der Waals surface area contributed by atoms with Crippen LogP contribution in [0.5, 0.6) is 11.5 Å². The molecule has 0 saturated carbocycles. The van der Waals surface area contributed by atoms with Crippen LogP contribution in [0.2, 0.25) is 0 Å². The summed E-state index contributed by atoms with van der Waals surface area (Å²) in [6.07, 6.45) is 1.93. The van der Waals surface area contributed by atoms with Crippen molar-refractivity contribution in [2.45, 2.75) is 24.7 Å². The average Bonchev–Trinajstić information content (AvgIpc) is 2.71. The highest BCUT2D eigenvalue weighted by molar-refractivity contribution is 8.00. The molecule has 0 unspecified atom stereocenters. The van der Waals surface area contributed by atoms with Crippen molar-refractivity contribution in [3.63, 3.8) is 0 Å². The van der Waals surface area contributed by atoms with Gasteiger partial charge in [0.1, 0.15) is 5.82 Å². The zero-order chi connectivity index (χ0) is 20.4. The van der Waals surface area contributed by atoms with Crippen LogP contribution in [-0.2, 0) is 4.79 Å². The number of hydrazine groups is 1. The lowest BCUT2D eigenvalue weighted by atomic mass is 10.2. The summed E-state index contributed by atoms with van der Waals surface area (Å²) in [5.41, 5.74) is 4.95. The van der Waals surface area contributed by atoms with Crippen LogP contribution in [0.4, 0.5) is 4.39 Å². The van der Waals surface area contributed by atoms with Crippen LogP contribution >= 0.6 is 11.8 Å². The van der Waals surface area contributed by atoms with Gasteiger partial charge >= 0.3 is 0 Å². The van der Waals surface area contributed by atoms with Crippen molar-refractivity contribution >= 4 is 23.6 Å². The number of rotatable bonds is 9. The van der Waals surface area contributed by atoms with Gasteiger partial charge in [-0.2, -0.15) is 0 Å². The maximum absolute atomic E-state index is 13.5. The molecule has 0 aromatic heterocycles. The lowest BCUT2D eigenvalue weighted by Crippen LogP contribution is -2.42. The minimum Gasteiger partial charge on any atom is -0.493 e. The van der Waals surface area contributed by atoms with Gasteiger partial charge in [-0.25, -0.2) is 4.39 Å². The van der Waals surface area contributed by atoms with E-state index in [1.165, 1.54) is 19.2 Å². The number of ether oxygens (including phenoxy) is 2. The van der Waals surface area contributed by atoms with Crippen molar-refractivity contribution in [3.8, 4) is 11.5 Å². The number of carbonyl (C=O) groups excluding carboxylic acids is 2. The van der Waals surface area contributed by atoms with Gasteiger partial charge in [-0.15, -0.1) is 11.8 Å². The van der Waals surface area contributed by atoms with E-state index >= 15 is 0 Å². The highest BCUT2D eigenvalue weighted by Crippen LogP contribution is 2.28. The van der Waals surface area contributed by atoms with Gasteiger partial charge in [0.15, 0.2) is 11.5 Å². The van der Waals surface area contributed by atoms with Crippen LogP contribution in [0.1, 0.15) is 30.1 Å². The molecule has 0 spiro atoms. The average molecular weight is 406 g/mol. The van der Waals surface area contributed by atoms with Crippen LogP contribution in [0.3, 0.4) is 0 Å². The van der Waals surface area contributed by atoms with Crippen LogP contribution in [0.25, 0.3) is 0 Å². The fraction of sp³-hybridized carbons (Fsp3) is 0.300. The lowest BCUT2D eigenvalue weighted by Gasteiger charge is -2.12. The molecule has 2 amide bonds. The number of hydrogen-bond acceptors (Lipinski definition) is 5. The Morgan fingerprint density at radius 1 is 1.11 bits per heavy atom. The molecule has 2 rings (SSSR count). The Hall–Kier alpha value is -2.74. The van der Waals surface area contributed by atoms with Gasteiger partial charge in [0.25, 0.3) is 5.91 Å². The molecule has 28 heavy (non-hydrogen) atoms. The number of carbonyl (C=O) groups is 2. The Kier molecular flexibility index (Phi) is 8.61. The van der Waals surface area contributed by atoms with Crippen molar-refractivity contribution in [2.24, 2.45) is 0 Å². The number of amides is 2. The molecule has 0 aliphatic rings. The van der Waals surface area contributed by atoms with Gasteiger partial charge < -0.3 is 9.47 Å². The molecule has 150 valence electrons. The van der Waals surface area contributed by atoms with E-state index in [9.17, 15) is 14.0 Å². The third-order valence-electron chi connectivity index (χ3n) is 3.69. The lowest BCUT2D eigenvalue weighted by molar-refractivity contribution is -0.119. The third kappa shape index (κ3) is 6.45. The second kappa shape index (κ2) is 11.2. The minimum atomic E-state index is -0.498. The van der Waals surface area contributed by atoms with Crippen molar-refractivity contribution in [1.29, 1.82) is 0 Å². The van der Waals surface area contributed by atoms with E-state index < -0.39 is 17.6 Å². The second-order valence-corrected chi connectivity index (χ2v) is 6.81. The van der Waals surface area contributed by atoms with Crippen LogP contribution in [-0.4, -0.2) is 31.3 Å². The molecule has 0 aliphatic carbocycles.